The Hall–Kier alpha value is -1.11. The van der Waals surface area contributed by atoms with Gasteiger partial charge in [0.1, 0.15) is 5.15 Å². The molecule has 0 aliphatic carbocycles. The van der Waals surface area contributed by atoms with Gasteiger partial charge in [0.15, 0.2) is 0 Å². The van der Waals surface area contributed by atoms with Gasteiger partial charge in [-0.05, 0) is 30.3 Å². The molecule has 7 heteroatoms. The molecule has 1 aromatic heterocycles. The summed E-state index contributed by atoms with van der Waals surface area (Å²) in [4.78, 5) is 15.6. The number of hydrogen-bond donors (Lipinski definition) is 2. The third-order valence-electron chi connectivity index (χ3n) is 2.10. The second-order valence-corrected chi connectivity index (χ2v) is 5.82. The molecular formula is C12H8Br2ClN3O. The number of nitrogens with zero attached hydrogens (tertiary/aromatic N) is 1. The second kappa shape index (κ2) is 6.36. The number of hydrogen-bond acceptors (Lipinski definition) is 2. The number of nitrogens with one attached hydrogen (secondary N) is 2. The molecule has 1 heterocycles. The summed E-state index contributed by atoms with van der Waals surface area (Å²) in [5, 5.41) is 5.71. The average Bonchev–Trinajstić information content (AvgIpc) is 2.26. The largest absolute Gasteiger partial charge is 0.323 e. The Morgan fingerprint density at radius 3 is 2.32 bits per heavy atom. The van der Waals surface area contributed by atoms with Gasteiger partial charge in [-0.2, -0.15) is 0 Å². The summed E-state index contributed by atoms with van der Waals surface area (Å²) >= 11 is 12.4. The number of benzene rings is 1. The van der Waals surface area contributed by atoms with Crippen LogP contribution in [0.2, 0.25) is 5.15 Å². The standard InChI is InChI=1S/C12H8Br2ClN3O/c13-7-3-8(14)5-10(4-7)18-12(19)17-9-1-2-16-11(15)6-9/h1-6H,(H2,16,17,18,19). The maximum Gasteiger partial charge on any atom is 0.323 e. The third kappa shape index (κ3) is 4.49. The van der Waals surface area contributed by atoms with Gasteiger partial charge >= 0.3 is 6.03 Å². The Morgan fingerprint density at radius 1 is 1.05 bits per heavy atom. The van der Waals surface area contributed by atoms with E-state index in [-0.39, 0.29) is 6.03 Å². The molecule has 0 bridgehead atoms. The van der Waals surface area contributed by atoms with E-state index in [1.54, 1.807) is 24.3 Å². The molecule has 0 fully saturated rings. The topological polar surface area (TPSA) is 54.0 Å². The Bertz CT molecular complexity index is 601. The Morgan fingerprint density at radius 2 is 1.68 bits per heavy atom. The predicted octanol–water partition coefficient (Wildman–Crippen LogP) is 4.90. The quantitative estimate of drug-likeness (QED) is 0.698. The molecule has 2 amide bonds. The molecule has 0 atom stereocenters. The minimum Gasteiger partial charge on any atom is -0.308 e. The molecule has 1 aromatic carbocycles. The van der Waals surface area contributed by atoms with Crippen molar-refractivity contribution in [2.75, 3.05) is 10.6 Å². The zero-order valence-corrected chi connectivity index (χ0v) is 13.4. The first kappa shape index (κ1) is 14.3. The van der Waals surface area contributed by atoms with Crippen molar-refractivity contribution < 1.29 is 4.79 Å². The van der Waals surface area contributed by atoms with Crippen LogP contribution in [-0.2, 0) is 0 Å². The first-order valence-corrected chi connectivity index (χ1v) is 7.15. The van der Waals surface area contributed by atoms with Gasteiger partial charge in [-0.25, -0.2) is 9.78 Å². The average molecular weight is 405 g/mol. The smallest absolute Gasteiger partial charge is 0.308 e. The molecule has 0 aliphatic rings. The summed E-state index contributed by atoms with van der Waals surface area (Å²) in [7, 11) is 0. The fraction of sp³-hybridized carbons (Fsp3) is 0. The molecule has 0 radical (unpaired) electrons. The monoisotopic (exact) mass is 403 g/mol. The van der Waals surface area contributed by atoms with Crippen LogP contribution in [0.4, 0.5) is 16.2 Å². The molecule has 98 valence electrons. The zero-order chi connectivity index (χ0) is 13.8. The first-order chi connectivity index (χ1) is 9.02. The van der Waals surface area contributed by atoms with Gasteiger partial charge in [0.2, 0.25) is 0 Å². The lowest BCUT2D eigenvalue weighted by molar-refractivity contribution is 0.262. The van der Waals surface area contributed by atoms with Crippen molar-refractivity contribution in [2.24, 2.45) is 0 Å². The number of pyridine rings is 1. The number of rotatable bonds is 2. The highest BCUT2D eigenvalue weighted by atomic mass is 79.9. The molecule has 0 unspecified atom stereocenters. The van der Waals surface area contributed by atoms with Gasteiger partial charge in [-0.3, -0.25) is 0 Å². The van der Waals surface area contributed by atoms with Crippen LogP contribution >= 0.6 is 43.5 Å². The summed E-state index contributed by atoms with van der Waals surface area (Å²) in [6, 6.07) is 8.34. The van der Waals surface area contributed by atoms with Crippen molar-refractivity contribution in [1.29, 1.82) is 0 Å². The van der Waals surface area contributed by atoms with E-state index in [2.05, 4.69) is 47.5 Å². The van der Waals surface area contributed by atoms with Crippen molar-refractivity contribution in [1.82, 2.24) is 4.98 Å². The molecule has 2 rings (SSSR count). The minimum absolute atomic E-state index is 0.322. The van der Waals surface area contributed by atoms with Crippen LogP contribution in [0, 0.1) is 0 Å². The molecular weight excluding hydrogens is 397 g/mol. The number of aromatic nitrogens is 1. The highest BCUT2D eigenvalue weighted by molar-refractivity contribution is 9.11. The van der Waals surface area contributed by atoms with Crippen molar-refractivity contribution in [3.05, 3.63) is 50.6 Å². The SMILES string of the molecule is O=C(Nc1cc(Br)cc(Br)c1)Nc1ccnc(Cl)c1. The van der Waals surface area contributed by atoms with E-state index in [1.165, 1.54) is 6.20 Å². The van der Waals surface area contributed by atoms with Crippen molar-refractivity contribution in [2.45, 2.75) is 0 Å². The molecule has 0 saturated heterocycles. The number of halogens is 3. The number of anilines is 2. The number of amides is 2. The van der Waals surface area contributed by atoms with E-state index in [9.17, 15) is 4.79 Å². The van der Waals surface area contributed by atoms with Crippen LogP contribution < -0.4 is 10.6 Å². The van der Waals surface area contributed by atoms with Gasteiger partial charge < -0.3 is 10.6 Å². The zero-order valence-electron chi connectivity index (χ0n) is 9.45. The first-order valence-electron chi connectivity index (χ1n) is 5.18. The van der Waals surface area contributed by atoms with Crippen LogP contribution in [-0.4, -0.2) is 11.0 Å². The van der Waals surface area contributed by atoms with Gasteiger partial charge in [-0.1, -0.05) is 43.5 Å². The van der Waals surface area contributed by atoms with E-state index < -0.39 is 0 Å². The normalized spacial score (nSPS) is 10.1. The molecule has 2 aromatic rings. The highest BCUT2D eigenvalue weighted by Gasteiger charge is 2.04. The molecule has 19 heavy (non-hydrogen) atoms. The van der Waals surface area contributed by atoms with Crippen LogP contribution in [0.3, 0.4) is 0 Å². The van der Waals surface area contributed by atoms with Crippen LogP contribution in [0.25, 0.3) is 0 Å². The maximum absolute atomic E-state index is 11.8. The lowest BCUT2D eigenvalue weighted by atomic mass is 10.3. The van der Waals surface area contributed by atoms with Crippen molar-refractivity contribution >= 4 is 60.9 Å². The lowest BCUT2D eigenvalue weighted by Crippen LogP contribution is -2.19. The Labute approximate surface area is 131 Å². The lowest BCUT2D eigenvalue weighted by Gasteiger charge is -2.08. The predicted molar refractivity (Wildman–Crippen MR) is 83.7 cm³/mol. The molecule has 0 aliphatic heterocycles. The summed E-state index contributed by atoms with van der Waals surface area (Å²) < 4.78 is 1.73. The van der Waals surface area contributed by atoms with Crippen molar-refractivity contribution in [3.8, 4) is 0 Å². The Balaban J connectivity index is 2.05. The summed E-state index contributed by atoms with van der Waals surface area (Å²) in [6.07, 6.45) is 1.52. The van der Waals surface area contributed by atoms with Crippen LogP contribution in [0.1, 0.15) is 0 Å². The summed E-state index contributed by atoms with van der Waals surface area (Å²) in [5.41, 5.74) is 1.24. The summed E-state index contributed by atoms with van der Waals surface area (Å²) in [6.45, 7) is 0. The number of carbonyl (C=O) groups excluding carboxylic acids is 1. The van der Waals surface area contributed by atoms with E-state index in [0.717, 1.165) is 8.95 Å². The third-order valence-corrected chi connectivity index (χ3v) is 3.23. The van der Waals surface area contributed by atoms with Gasteiger partial charge in [0.25, 0.3) is 0 Å². The highest BCUT2D eigenvalue weighted by Crippen LogP contribution is 2.23. The molecule has 2 N–H and O–H groups in total. The van der Waals surface area contributed by atoms with E-state index in [1.807, 2.05) is 6.07 Å². The van der Waals surface area contributed by atoms with Crippen LogP contribution in [0.15, 0.2) is 45.5 Å². The van der Waals surface area contributed by atoms with Gasteiger partial charge in [-0.15, -0.1) is 0 Å². The van der Waals surface area contributed by atoms with Crippen molar-refractivity contribution in [3.63, 3.8) is 0 Å². The summed E-state index contributed by atoms with van der Waals surface area (Å²) in [5.74, 6) is 0. The maximum atomic E-state index is 11.8. The molecule has 0 spiro atoms. The van der Waals surface area contributed by atoms with Gasteiger partial charge in [0, 0.05) is 26.5 Å². The van der Waals surface area contributed by atoms with E-state index in [0.29, 0.717) is 16.5 Å². The fourth-order valence-corrected chi connectivity index (χ4v) is 2.87. The fourth-order valence-electron chi connectivity index (χ4n) is 1.40. The second-order valence-electron chi connectivity index (χ2n) is 3.60. The van der Waals surface area contributed by atoms with Gasteiger partial charge in [0.05, 0.1) is 0 Å². The number of carbonyl (C=O) groups is 1. The number of urea groups is 1. The van der Waals surface area contributed by atoms with Crippen LogP contribution in [0.5, 0.6) is 0 Å². The van der Waals surface area contributed by atoms with E-state index >= 15 is 0 Å². The molecule has 4 nitrogen and oxygen atoms in total. The Kier molecular flexibility index (Phi) is 4.79. The minimum atomic E-state index is -0.354. The van der Waals surface area contributed by atoms with E-state index in [4.69, 9.17) is 11.6 Å². The molecule has 0 saturated carbocycles.